The second kappa shape index (κ2) is 5.41. The molecule has 104 valence electrons. The van der Waals surface area contributed by atoms with Crippen molar-refractivity contribution < 1.29 is 13.0 Å². The van der Waals surface area contributed by atoms with Gasteiger partial charge in [0.05, 0.1) is 0 Å². The van der Waals surface area contributed by atoms with E-state index in [1.807, 2.05) is 0 Å². The lowest BCUT2D eigenvalue weighted by atomic mass is 10.3. The molecule has 0 radical (unpaired) electrons. The Labute approximate surface area is 116 Å². The molecule has 1 saturated heterocycles. The molecule has 0 saturated carbocycles. The molecule has 1 aliphatic heterocycles. The summed E-state index contributed by atoms with van der Waals surface area (Å²) in [4.78, 5) is 0.156. The van der Waals surface area contributed by atoms with Crippen molar-refractivity contribution in [1.29, 1.82) is 0 Å². The first-order chi connectivity index (χ1) is 8.69. The van der Waals surface area contributed by atoms with E-state index < -0.39 is 10.0 Å². The minimum atomic E-state index is -3.53. The van der Waals surface area contributed by atoms with Crippen molar-refractivity contribution in [2.75, 3.05) is 26.2 Å². The van der Waals surface area contributed by atoms with Crippen LogP contribution in [0.5, 0.6) is 0 Å². The highest BCUT2D eigenvalue weighted by atomic mass is 35.5. The Hall–Kier alpha value is -1.22. The Morgan fingerprint density at radius 1 is 1.21 bits per heavy atom. The third-order valence-electron chi connectivity index (χ3n) is 2.94. The van der Waals surface area contributed by atoms with Gasteiger partial charge in [-0.1, -0.05) is 6.07 Å². The zero-order chi connectivity index (χ0) is 12.6. The second-order valence-corrected chi connectivity index (χ2v) is 5.95. The number of hydrogen-bond acceptors (Lipinski definition) is 6. The molecule has 0 atom stereocenters. The number of nitrogens with one attached hydrogen (secondary N) is 1. The van der Waals surface area contributed by atoms with Gasteiger partial charge in [-0.2, -0.15) is 4.31 Å². The smallest absolute Gasteiger partial charge is 0.245 e. The van der Waals surface area contributed by atoms with E-state index in [1.54, 1.807) is 12.1 Å². The maximum absolute atomic E-state index is 12.5. The summed E-state index contributed by atoms with van der Waals surface area (Å²) in [5, 5.41) is 10.4. The number of fused-ring (bicyclic) bond motifs is 1. The predicted molar refractivity (Wildman–Crippen MR) is 70.7 cm³/mol. The van der Waals surface area contributed by atoms with Gasteiger partial charge in [-0.3, -0.25) is 0 Å². The molecule has 7 nitrogen and oxygen atoms in total. The molecular formula is C10H13ClN4O3S. The molecule has 9 heteroatoms. The first kappa shape index (κ1) is 14.2. The van der Waals surface area contributed by atoms with Gasteiger partial charge in [0.1, 0.15) is 10.4 Å². The molecule has 0 aliphatic carbocycles. The summed E-state index contributed by atoms with van der Waals surface area (Å²) < 4.78 is 31.0. The Morgan fingerprint density at radius 2 is 1.95 bits per heavy atom. The lowest BCUT2D eigenvalue weighted by Crippen LogP contribution is -2.46. The molecule has 1 aliphatic rings. The summed E-state index contributed by atoms with van der Waals surface area (Å²) in [5.41, 5.74) is 0.738. The maximum Gasteiger partial charge on any atom is 0.245 e. The molecule has 0 unspecified atom stereocenters. The lowest BCUT2D eigenvalue weighted by molar-refractivity contribution is 0.314. The van der Waals surface area contributed by atoms with Gasteiger partial charge >= 0.3 is 0 Å². The SMILES string of the molecule is Cl.O=S(=O)(c1cccc2nonc12)N1CCNCC1. The summed E-state index contributed by atoms with van der Waals surface area (Å²) in [6, 6.07) is 4.84. The summed E-state index contributed by atoms with van der Waals surface area (Å²) in [6.45, 7) is 2.24. The van der Waals surface area contributed by atoms with Crippen molar-refractivity contribution in [1.82, 2.24) is 19.9 Å². The fraction of sp³-hybridized carbons (Fsp3) is 0.400. The highest BCUT2D eigenvalue weighted by Gasteiger charge is 2.28. The summed E-state index contributed by atoms with van der Waals surface area (Å²) in [5.74, 6) is 0. The predicted octanol–water partition coefficient (Wildman–Crippen LogP) is 0.238. The van der Waals surface area contributed by atoms with Crippen molar-refractivity contribution in [2.24, 2.45) is 0 Å². The quantitative estimate of drug-likeness (QED) is 0.855. The molecule has 0 amide bonds. The van der Waals surface area contributed by atoms with Crippen LogP contribution in [0.4, 0.5) is 0 Å². The maximum atomic E-state index is 12.5. The highest BCUT2D eigenvalue weighted by molar-refractivity contribution is 7.89. The van der Waals surface area contributed by atoms with Crippen molar-refractivity contribution in [2.45, 2.75) is 4.90 Å². The van der Waals surface area contributed by atoms with E-state index in [2.05, 4.69) is 20.3 Å². The van der Waals surface area contributed by atoms with E-state index in [-0.39, 0.29) is 22.8 Å². The second-order valence-electron chi connectivity index (χ2n) is 4.04. The molecular weight excluding hydrogens is 292 g/mol. The van der Waals surface area contributed by atoms with Crippen LogP contribution >= 0.6 is 12.4 Å². The third-order valence-corrected chi connectivity index (χ3v) is 4.87. The molecule has 0 bridgehead atoms. The van der Waals surface area contributed by atoms with Gasteiger partial charge in [-0.15, -0.1) is 12.4 Å². The number of piperazine rings is 1. The van der Waals surface area contributed by atoms with E-state index in [4.69, 9.17) is 0 Å². The van der Waals surface area contributed by atoms with Crippen LogP contribution in [0, 0.1) is 0 Å². The van der Waals surface area contributed by atoms with E-state index >= 15 is 0 Å². The largest absolute Gasteiger partial charge is 0.314 e. The average molecular weight is 305 g/mol. The highest BCUT2D eigenvalue weighted by Crippen LogP contribution is 2.23. The average Bonchev–Trinajstić information content (AvgIpc) is 2.87. The molecule has 1 fully saturated rings. The van der Waals surface area contributed by atoms with Gasteiger partial charge in [0.15, 0.2) is 5.52 Å². The number of benzene rings is 1. The molecule has 19 heavy (non-hydrogen) atoms. The summed E-state index contributed by atoms with van der Waals surface area (Å²) in [6.07, 6.45) is 0. The molecule has 3 rings (SSSR count). The normalized spacial score (nSPS) is 17.3. The number of sulfonamides is 1. The Balaban J connectivity index is 0.00000133. The van der Waals surface area contributed by atoms with Crippen LogP contribution in [0.15, 0.2) is 27.7 Å². The van der Waals surface area contributed by atoms with Crippen LogP contribution in [-0.2, 0) is 10.0 Å². The van der Waals surface area contributed by atoms with Crippen LogP contribution in [0.2, 0.25) is 0 Å². The molecule has 0 spiro atoms. The Kier molecular flexibility index (Phi) is 4.04. The minimum absolute atomic E-state index is 0. The van der Waals surface area contributed by atoms with E-state index in [0.717, 1.165) is 0 Å². The number of aromatic nitrogens is 2. The topological polar surface area (TPSA) is 88.3 Å². The fourth-order valence-electron chi connectivity index (χ4n) is 2.01. The Bertz CT molecular complexity index is 666. The fourth-order valence-corrected chi connectivity index (χ4v) is 3.59. The van der Waals surface area contributed by atoms with Crippen molar-refractivity contribution in [3.8, 4) is 0 Å². The molecule has 2 heterocycles. The van der Waals surface area contributed by atoms with Gasteiger partial charge in [0, 0.05) is 26.2 Å². The standard InChI is InChI=1S/C10H12N4O3S.ClH/c15-18(16,14-6-4-11-5-7-14)9-3-1-2-8-10(9)13-17-12-8;/h1-3,11H,4-7H2;1H. The zero-order valence-corrected chi connectivity index (χ0v) is 11.6. The van der Waals surface area contributed by atoms with Crippen molar-refractivity contribution in [3.63, 3.8) is 0 Å². The van der Waals surface area contributed by atoms with E-state index in [0.29, 0.717) is 31.7 Å². The first-order valence-electron chi connectivity index (χ1n) is 5.62. The van der Waals surface area contributed by atoms with E-state index in [9.17, 15) is 8.42 Å². The molecule has 1 aromatic carbocycles. The first-order valence-corrected chi connectivity index (χ1v) is 7.06. The number of hydrogen-bond donors (Lipinski definition) is 1. The monoisotopic (exact) mass is 304 g/mol. The van der Waals surface area contributed by atoms with Crippen LogP contribution in [0.1, 0.15) is 0 Å². The van der Waals surface area contributed by atoms with Crippen LogP contribution in [-0.4, -0.2) is 49.2 Å². The Morgan fingerprint density at radius 3 is 2.68 bits per heavy atom. The lowest BCUT2D eigenvalue weighted by Gasteiger charge is -2.26. The summed E-state index contributed by atoms with van der Waals surface area (Å²) >= 11 is 0. The van der Waals surface area contributed by atoms with Crippen LogP contribution in [0.3, 0.4) is 0 Å². The molecule has 2 aromatic rings. The van der Waals surface area contributed by atoms with Gasteiger partial charge < -0.3 is 5.32 Å². The van der Waals surface area contributed by atoms with Gasteiger partial charge in [-0.25, -0.2) is 13.0 Å². The number of nitrogens with zero attached hydrogens (tertiary/aromatic N) is 3. The third kappa shape index (κ3) is 2.44. The van der Waals surface area contributed by atoms with Crippen molar-refractivity contribution >= 4 is 33.5 Å². The minimum Gasteiger partial charge on any atom is -0.314 e. The van der Waals surface area contributed by atoms with Gasteiger partial charge in [0.25, 0.3) is 0 Å². The van der Waals surface area contributed by atoms with Crippen molar-refractivity contribution in [3.05, 3.63) is 18.2 Å². The van der Waals surface area contributed by atoms with Crippen LogP contribution in [0.25, 0.3) is 11.0 Å². The van der Waals surface area contributed by atoms with E-state index in [1.165, 1.54) is 10.4 Å². The number of rotatable bonds is 2. The van der Waals surface area contributed by atoms with Crippen LogP contribution < -0.4 is 5.32 Å². The van der Waals surface area contributed by atoms with Gasteiger partial charge in [0.2, 0.25) is 10.0 Å². The summed E-state index contributed by atoms with van der Waals surface area (Å²) in [7, 11) is -3.53. The van der Waals surface area contributed by atoms with Gasteiger partial charge in [-0.05, 0) is 22.4 Å². The molecule has 1 N–H and O–H groups in total. The molecule has 1 aromatic heterocycles. The zero-order valence-electron chi connectivity index (χ0n) is 9.94. The number of halogens is 1.